The number of hydrogen-bond donors (Lipinski definition) is 1. The molecule has 0 aromatic heterocycles. The van der Waals surface area contributed by atoms with Crippen LogP contribution in [0.25, 0.3) is 0 Å². The predicted octanol–water partition coefficient (Wildman–Crippen LogP) is 3.57. The molecule has 1 N–H and O–H groups in total. The monoisotopic (exact) mass is 316 g/mol. The summed E-state index contributed by atoms with van der Waals surface area (Å²) in [6.07, 6.45) is 0. The maximum Gasteiger partial charge on any atom is 0.277 e. The van der Waals surface area contributed by atoms with Crippen molar-refractivity contribution in [2.45, 2.75) is 13.8 Å². The van der Waals surface area contributed by atoms with E-state index in [1.165, 1.54) is 0 Å². The molecule has 0 spiro atoms. The predicted molar refractivity (Wildman–Crippen MR) is 88.5 cm³/mol. The zero-order chi connectivity index (χ0) is 15.9. The summed E-state index contributed by atoms with van der Waals surface area (Å²) in [4.78, 5) is 11.8. The number of benzene rings is 2. The molecule has 0 aliphatic rings. The van der Waals surface area contributed by atoms with Gasteiger partial charge in [-0.05, 0) is 43.2 Å². The Labute approximate surface area is 134 Å². The van der Waals surface area contributed by atoms with Gasteiger partial charge in [0.05, 0.1) is 5.71 Å². The number of halogens is 1. The summed E-state index contributed by atoms with van der Waals surface area (Å²) in [5, 5.41) is 4.70. The largest absolute Gasteiger partial charge is 0.483 e. The van der Waals surface area contributed by atoms with Gasteiger partial charge in [0.1, 0.15) is 5.75 Å². The normalized spacial score (nSPS) is 11.1. The average molecular weight is 317 g/mol. The van der Waals surface area contributed by atoms with Gasteiger partial charge in [0.15, 0.2) is 6.61 Å². The molecular weight excluding hydrogens is 300 g/mol. The van der Waals surface area contributed by atoms with E-state index in [9.17, 15) is 4.79 Å². The smallest absolute Gasteiger partial charge is 0.277 e. The van der Waals surface area contributed by atoms with Crippen LogP contribution in [0.15, 0.2) is 53.6 Å². The number of nitrogens with one attached hydrogen (secondary N) is 1. The summed E-state index contributed by atoms with van der Waals surface area (Å²) in [5.74, 6) is 0.313. The summed E-state index contributed by atoms with van der Waals surface area (Å²) in [5.41, 5.74) is 5.05. The number of hydrazone groups is 1. The number of nitrogens with zero attached hydrogens (tertiary/aromatic N) is 1. The lowest BCUT2D eigenvalue weighted by Crippen LogP contribution is -2.25. The number of carbonyl (C=O) groups is 1. The van der Waals surface area contributed by atoms with Gasteiger partial charge in [-0.3, -0.25) is 4.79 Å². The molecule has 5 heteroatoms. The third-order valence-corrected chi connectivity index (χ3v) is 3.27. The summed E-state index contributed by atoms with van der Waals surface area (Å²) in [6.45, 7) is 3.60. The van der Waals surface area contributed by atoms with Gasteiger partial charge in [-0.15, -0.1) is 0 Å². The van der Waals surface area contributed by atoms with Crippen LogP contribution >= 0.6 is 11.6 Å². The topological polar surface area (TPSA) is 50.7 Å². The van der Waals surface area contributed by atoms with Crippen molar-refractivity contribution in [2.75, 3.05) is 6.61 Å². The molecule has 2 rings (SSSR count). The minimum Gasteiger partial charge on any atom is -0.483 e. The first-order valence-electron chi connectivity index (χ1n) is 6.84. The van der Waals surface area contributed by atoms with E-state index in [0.29, 0.717) is 10.8 Å². The second kappa shape index (κ2) is 7.61. The number of rotatable bonds is 5. The van der Waals surface area contributed by atoms with Crippen LogP contribution in [-0.4, -0.2) is 18.2 Å². The first kappa shape index (κ1) is 16.0. The molecule has 0 atom stereocenters. The van der Waals surface area contributed by atoms with Crippen molar-refractivity contribution in [2.24, 2.45) is 5.10 Å². The molecule has 0 aliphatic carbocycles. The number of carbonyl (C=O) groups excluding carboxylic acids is 1. The fourth-order valence-electron chi connectivity index (χ4n) is 1.84. The van der Waals surface area contributed by atoms with Crippen LogP contribution in [-0.2, 0) is 4.79 Å². The fourth-order valence-corrected chi connectivity index (χ4v) is 2.07. The van der Waals surface area contributed by atoms with E-state index in [1.54, 1.807) is 18.2 Å². The van der Waals surface area contributed by atoms with Crippen LogP contribution in [0.2, 0.25) is 5.02 Å². The molecule has 0 saturated heterocycles. The lowest BCUT2D eigenvalue weighted by atomic mass is 10.1. The van der Waals surface area contributed by atoms with Crippen molar-refractivity contribution < 1.29 is 9.53 Å². The maximum atomic E-state index is 11.8. The zero-order valence-corrected chi connectivity index (χ0v) is 13.2. The van der Waals surface area contributed by atoms with Crippen LogP contribution in [0, 0.1) is 6.92 Å². The van der Waals surface area contributed by atoms with Crippen molar-refractivity contribution in [1.29, 1.82) is 0 Å². The molecule has 114 valence electrons. The van der Waals surface area contributed by atoms with Crippen LogP contribution in [0.3, 0.4) is 0 Å². The van der Waals surface area contributed by atoms with Crippen molar-refractivity contribution in [3.63, 3.8) is 0 Å². The number of amides is 1. The molecule has 0 heterocycles. The molecule has 0 aliphatic heterocycles. The Morgan fingerprint density at radius 3 is 2.64 bits per heavy atom. The Kier molecular flexibility index (Phi) is 5.55. The molecule has 0 radical (unpaired) electrons. The first-order valence-corrected chi connectivity index (χ1v) is 7.21. The minimum atomic E-state index is -0.315. The van der Waals surface area contributed by atoms with Gasteiger partial charge in [-0.1, -0.05) is 41.9 Å². The quantitative estimate of drug-likeness (QED) is 0.677. The highest BCUT2D eigenvalue weighted by atomic mass is 35.5. The molecule has 1 amide bonds. The van der Waals surface area contributed by atoms with Crippen LogP contribution in [0.1, 0.15) is 18.1 Å². The van der Waals surface area contributed by atoms with E-state index in [2.05, 4.69) is 10.5 Å². The van der Waals surface area contributed by atoms with Crippen LogP contribution < -0.4 is 10.2 Å². The molecule has 0 bridgehead atoms. The van der Waals surface area contributed by atoms with Crippen molar-refractivity contribution >= 4 is 23.2 Å². The molecule has 4 nitrogen and oxygen atoms in total. The summed E-state index contributed by atoms with van der Waals surface area (Å²) in [6, 6.07) is 14.9. The average Bonchev–Trinajstić information content (AvgIpc) is 2.52. The van der Waals surface area contributed by atoms with Gasteiger partial charge >= 0.3 is 0 Å². The van der Waals surface area contributed by atoms with Gasteiger partial charge in [-0.25, -0.2) is 5.43 Å². The minimum absolute atomic E-state index is 0.103. The van der Waals surface area contributed by atoms with Crippen molar-refractivity contribution in [1.82, 2.24) is 5.43 Å². The summed E-state index contributed by atoms with van der Waals surface area (Å²) >= 11 is 5.87. The number of ether oxygens (including phenoxy) is 1. The Morgan fingerprint density at radius 2 is 1.95 bits per heavy atom. The van der Waals surface area contributed by atoms with E-state index < -0.39 is 0 Å². The SMILES string of the molecule is CC(=NNC(=O)COc1ccc(Cl)cc1C)c1ccccc1. The molecular formula is C17H17ClN2O2. The maximum absolute atomic E-state index is 11.8. The van der Waals surface area contributed by atoms with Gasteiger partial charge < -0.3 is 4.74 Å². The molecule has 0 unspecified atom stereocenters. The molecule has 0 saturated carbocycles. The lowest BCUT2D eigenvalue weighted by Gasteiger charge is -2.08. The van der Waals surface area contributed by atoms with Gasteiger partial charge in [-0.2, -0.15) is 5.10 Å². The Hall–Kier alpha value is -2.33. The van der Waals surface area contributed by atoms with Gasteiger partial charge in [0.25, 0.3) is 5.91 Å². The number of aryl methyl sites for hydroxylation is 1. The third-order valence-electron chi connectivity index (χ3n) is 3.04. The second-order valence-corrected chi connectivity index (χ2v) is 5.23. The highest BCUT2D eigenvalue weighted by molar-refractivity contribution is 6.30. The van der Waals surface area contributed by atoms with Crippen molar-refractivity contribution in [3.8, 4) is 5.75 Å². The fraction of sp³-hybridized carbons (Fsp3) is 0.176. The van der Waals surface area contributed by atoms with E-state index in [1.807, 2.05) is 44.2 Å². The number of hydrogen-bond acceptors (Lipinski definition) is 3. The van der Waals surface area contributed by atoms with E-state index in [0.717, 1.165) is 16.8 Å². The zero-order valence-electron chi connectivity index (χ0n) is 12.5. The van der Waals surface area contributed by atoms with Crippen LogP contribution in [0.4, 0.5) is 0 Å². The van der Waals surface area contributed by atoms with Gasteiger partial charge in [0, 0.05) is 5.02 Å². The molecule has 2 aromatic rings. The summed E-state index contributed by atoms with van der Waals surface area (Å²) < 4.78 is 5.45. The third kappa shape index (κ3) is 4.60. The van der Waals surface area contributed by atoms with Crippen molar-refractivity contribution in [3.05, 3.63) is 64.7 Å². The standard InChI is InChI=1S/C17H17ClN2O2/c1-12-10-15(18)8-9-16(12)22-11-17(21)20-19-13(2)14-6-4-3-5-7-14/h3-10H,11H2,1-2H3,(H,20,21). The van der Waals surface area contributed by atoms with Gasteiger partial charge in [0.2, 0.25) is 0 Å². The Balaban J connectivity index is 1.88. The highest BCUT2D eigenvalue weighted by Gasteiger charge is 2.05. The molecule has 22 heavy (non-hydrogen) atoms. The lowest BCUT2D eigenvalue weighted by molar-refractivity contribution is -0.123. The highest BCUT2D eigenvalue weighted by Crippen LogP contribution is 2.21. The summed E-state index contributed by atoms with van der Waals surface area (Å²) in [7, 11) is 0. The Bertz CT molecular complexity index is 684. The second-order valence-electron chi connectivity index (χ2n) is 4.80. The van der Waals surface area contributed by atoms with E-state index >= 15 is 0 Å². The first-order chi connectivity index (χ1) is 10.6. The molecule has 2 aromatic carbocycles. The van der Waals surface area contributed by atoms with E-state index in [4.69, 9.17) is 16.3 Å². The van der Waals surface area contributed by atoms with E-state index in [-0.39, 0.29) is 12.5 Å². The van der Waals surface area contributed by atoms with Crippen LogP contribution in [0.5, 0.6) is 5.75 Å². The molecule has 0 fully saturated rings. The Morgan fingerprint density at radius 1 is 1.23 bits per heavy atom.